The number of ketones is 1. The lowest BCUT2D eigenvalue weighted by atomic mass is 10.2. The highest BCUT2D eigenvalue weighted by Crippen LogP contribution is 2.40. The molecule has 0 saturated heterocycles. The Morgan fingerprint density at radius 2 is 1.74 bits per heavy atom. The van der Waals surface area contributed by atoms with E-state index in [0.717, 1.165) is 11.4 Å². The molecular formula is C21H16N6O3S. The predicted octanol–water partition coefficient (Wildman–Crippen LogP) is 2.65. The summed E-state index contributed by atoms with van der Waals surface area (Å²) in [5.41, 5.74) is 1.70. The van der Waals surface area contributed by atoms with Crippen LogP contribution in [0.25, 0.3) is 10.8 Å². The second-order valence-electron chi connectivity index (χ2n) is 6.53. The van der Waals surface area contributed by atoms with Gasteiger partial charge in [-0.15, -0.1) is 11.3 Å². The Kier molecular flexibility index (Phi) is 5.43. The van der Waals surface area contributed by atoms with E-state index >= 15 is 0 Å². The molecule has 0 aliphatic carbocycles. The average molecular weight is 432 g/mol. The van der Waals surface area contributed by atoms with Crippen molar-refractivity contribution < 1.29 is 14.3 Å². The normalized spacial score (nSPS) is 12.4. The van der Waals surface area contributed by atoms with Crippen molar-refractivity contribution in [1.29, 1.82) is 5.26 Å². The SMILES string of the molecule is CN1C(=C(C#N)C(=O)COC(=O)c2csc(-c3ncccn3)n2)N(C)c2ccccc21. The summed E-state index contributed by atoms with van der Waals surface area (Å²) in [7, 11) is 3.55. The highest BCUT2D eigenvalue weighted by Gasteiger charge is 2.31. The first-order chi connectivity index (χ1) is 15.0. The lowest BCUT2D eigenvalue weighted by Crippen LogP contribution is -2.27. The van der Waals surface area contributed by atoms with Crippen LogP contribution >= 0.6 is 11.3 Å². The van der Waals surface area contributed by atoms with E-state index < -0.39 is 18.4 Å². The predicted molar refractivity (Wildman–Crippen MR) is 114 cm³/mol. The first-order valence-electron chi connectivity index (χ1n) is 9.15. The van der Waals surface area contributed by atoms with Crippen molar-refractivity contribution >= 4 is 34.5 Å². The molecule has 0 spiro atoms. The molecule has 0 saturated carbocycles. The summed E-state index contributed by atoms with van der Waals surface area (Å²) in [6.45, 7) is -0.571. The lowest BCUT2D eigenvalue weighted by Gasteiger charge is -2.19. The van der Waals surface area contributed by atoms with E-state index in [2.05, 4.69) is 15.0 Å². The van der Waals surface area contributed by atoms with Gasteiger partial charge in [-0.25, -0.2) is 19.7 Å². The summed E-state index contributed by atoms with van der Waals surface area (Å²) in [5, 5.41) is 11.6. The molecule has 10 heteroatoms. The van der Waals surface area contributed by atoms with E-state index in [-0.39, 0.29) is 11.3 Å². The number of anilines is 2. The third-order valence-electron chi connectivity index (χ3n) is 4.66. The van der Waals surface area contributed by atoms with E-state index in [1.54, 1.807) is 42.4 Å². The number of Topliss-reactive ketones (excluding diaryl/α,β-unsaturated/α-hetero) is 1. The number of esters is 1. The summed E-state index contributed by atoms with van der Waals surface area (Å²) >= 11 is 1.19. The maximum absolute atomic E-state index is 12.7. The summed E-state index contributed by atoms with van der Waals surface area (Å²) in [6.07, 6.45) is 3.15. The quantitative estimate of drug-likeness (QED) is 0.341. The van der Waals surface area contributed by atoms with E-state index in [1.165, 1.54) is 16.7 Å². The van der Waals surface area contributed by atoms with Gasteiger partial charge in [0.2, 0.25) is 5.78 Å². The van der Waals surface area contributed by atoms with Crippen molar-refractivity contribution in [3.8, 4) is 16.9 Å². The number of carbonyl (C=O) groups excluding carboxylic acids is 2. The summed E-state index contributed by atoms with van der Waals surface area (Å²) in [5.74, 6) is -0.530. The maximum atomic E-state index is 12.7. The van der Waals surface area contributed by atoms with Crippen LogP contribution in [0.15, 0.2) is 59.5 Å². The van der Waals surface area contributed by atoms with E-state index in [4.69, 9.17) is 4.74 Å². The topological polar surface area (TPSA) is 112 Å². The zero-order chi connectivity index (χ0) is 22.0. The van der Waals surface area contributed by atoms with Gasteiger partial charge in [0.1, 0.15) is 17.5 Å². The Morgan fingerprint density at radius 1 is 1.10 bits per heavy atom. The van der Waals surface area contributed by atoms with Gasteiger partial charge >= 0.3 is 5.97 Å². The molecule has 0 N–H and O–H groups in total. The standard InChI is InChI=1S/C21H16N6O3S/c1-26-15-6-3-4-7-16(15)27(2)20(26)13(10-22)17(28)11-30-21(29)14-12-31-19(25-14)18-23-8-5-9-24-18/h3-9,12H,11H2,1-2H3. The Labute approximate surface area is 181 Å². The number of carbonyl (C=O) groups is 2. The maximum Gasteiger partial charge on any atom is 0.358 e. The number of nitriles is 1. The minimum Gasteiger partial charge on any atom is -0.453 e. The average Bonchev–Trinajstić information content (AvgIpc) is 3.39. The van der Waals surface area contributed by atoms with Gasteiger partial charge < -0.3 is 14.5 Å². The van der Waals surface area contributed by atoms with Gasteiger partial charge in [0.15, 0.2) is 23.1 Å². The molecule has 31 heavy (non-hydrogen) atoms. The van der Waals surface area contributed by atoms with Gasteiger partial charge in [-0.3, -0.25) is 4.79 Å². The van der Waals surface area contributed by atoms with E-state index in [0.29, 0.717) is 16.7 Å². The van der Waals surface area contributed by atoms with Crippen molar-refractivity contribution in [2.45, 2.75) is 0 Å². The van der Waals surface area contributed by atoms with Crippen molar-refractivity contribution in [2.75, 3.05) is 30.5 Å². The van der Waals surface area contributed by atoms with Crippen LogP contribution in [-0.4, -0.2) is 47.4 Å². The van der Waals surface area contributed by atoms with E-state index in [1.807, 2.05) is 30.3 Å². The number of nitrogens with zero attached hydrogens (tertiary/aromatic N) is 6. The molecule has 1 aliphatic rings. The number of aromatic nitrogens is 3. The van der Waals surface area contributed by atoms with Crippen LogP contribution in [0.4, 0.5) is 11.4 Å². The second kappa shape index (κ2) is 8.33. The third kappa shape index (κ3) is 3.74. The van der Waals surface area contributed by atoms with Crippen LogP contribution in [-0.2, 0) is 9.53 Å². The fourth-order valence-electron chi connectivity index (χ4n) is 3.21. The Balaban J connectivity index is 1.48. The molecule has 0 atom stereocenters. The monoisotopic (exact) mass is 432 g/mol. The molecule has 0 bridgehead atoms. The van der Waals surface area contributed by atoms with Gasteiger partial charge in [-0.1, -0.05) is 12.1 Å². The summed E-state index contributed by atoms with van der Waals surface area (Å²) < 4.78 is 5.12. The zero-order valence-corrected chi connectivity index (χ0v) is 17.5. The first-order valence-corrected chi connectivity index (χ1v) is 10.0. The Hall–Kier alpha value is -4.10. The highest BCUT2D eigenvalue weighted by atomic mass is 32.1. The number of hydrogen-bond donors (Lipinski definition) is 0. The first kappa shape index (κ1) is 20.2. The highest BCUT2D eigenvalue weighted by molar-refractivity contribution is 7.13. The van der Waals surface area contributed by atoms with Gasteiger partial charge in [0, 0.05) is 31.9 Å². The van der Waals surface area contributed by atoms with Crippen molar-refractivity contribution in [1.82, 2.24) is 15.0 Å². The van der Waals surface area contributed by atoms with Crippen molar-refractivity contribution in [2.24, 2.45) is 0 Å². The molecule has 3 aromatic rings. The number of rotatable bonds is 5. The lowest BCUT2D eigenvalue weighted by molar-refractivity contribution is -0.118. The second-order valence-corrected chi connectivity index (χ2v) is 7.38. The minimum absolute atomic E-state index is 0.0499. The Morgan fingerprint density at radius 3 is 2.35 bits per heavy atom. The molecule has 0 radical (unpaired) electrons. The summed E-state index contributed by atoms with van der Waals surface area (Å²) in [6, 6.07) is 11.2. The van der Waals surface area contributed by atoms with Crippen molar-refractivity contribution in [3.63, 3.8) is 0 Å². The fraction of sp³-hybridized carbons (Fsp3) is 0.143. The number of ether oxygens (including phenoxy) is 1. The number of hydrogen-bond acceptors (Lipinski definition) is 10. The molecule has 1 aliphatic heterocycles. The van der Waals surface area contributed by atoms with Gasteiger partial charge in [-0.05, 0) is 18.2 Å². The molecule has 0 amide bonds. The number of thiazole rings is 1. The number of para-hydroxylation sites is 2. The van der Waals surface area contributed by atoms with Gasteiger partial charge in [-0.2, -0.15) is 5.26 Å². The van der Waals surface area contributed by atoms with Crippen LogP contribution in [0, 0.1) is 11.3 Å². The van der Waals surface area contributed by atoms with Crippen LogP contribution in [0.5, 0.6) is 0 Å². The van der Waals surface area contributed by atoms with Crippen LogP contribution < -0.4 is 9.80 Å². The van der Waals surface area contributed by atoms with Crippen LogP contribution in [0.1, 0.15) is 10.5 Å². The molecular weight excluding hydrogens is 416 g/mol. The molecule has 0 fully saturated rings. The van der Waals surface area contributed by atoms with Crippen LogP contribution in [0.2, 0.25) is 0 Å². The van der Waals surface area contributed by atoms with Gasteiger partial charge in [0.05, 0.1) is 11.4 Å². The van der Waals surface area contributed by atoms with Crippen molar-refractivity contribution in [3.05, 3.63) is 65.2 Å². The fourth-order valence-corrected chi connectivity index (χ4v) is 3.95. The van der Waals surface area contributed by atoms with Gasteiger partial charge in [0.25, 0.3) is 0 Å². The third-order valence-corrected chi connectivity index (χ3v) is 5.50. The Bertz CT molecular complexity index is 1200. The summed E-state index contributed by atoms with van der Waals surface area (Å²) in [4.78, 5) is 40.9. The van der Waals surface area contributed by atoms with Crippen LogP contribution in [0.3, 0.4) is 0 Å². The molecule has 9 nitrogen and oxygen atoms in total. The molecule has 1 aromatic carbocycles. The number of fused-ring (bicyclic) bond motifs is 1. The largest absolute Gasteiger partial charge is 0.453 e. The minimum atomic E-state index is -0.759. The molecule has 4 rings (SSSR count). The molecule has 0 unspecified atom stereocenters. The molecule has 2 aromatic heterocycles. The number of benzene rings is 1. The van der Waals surface area contributed by atoms with E-state index in [9.17, 15) is 14.9 Å². The zero-order valence-electron chi connectivity index (χ0n) is 16.6. The molecule has 154 valence electrons. The smallest absolute Gasteiger partial charge is 0.358 e. The molecule has 3 heterocycles.